The number of anilines is 2. The zero-order chi connectivity index (χ0) is 19.2. The van der Waals surface area contributed by atoms with Crippen LogP contribution in [0.15, 0.2) is 52.4 Å². The van der Waals surface area contributed by atoms with Gasteiger partial charge in [-0.05, 0) is 43.3 Å². The Morgan fingerprint density at radius 2 is 1.96 bits per heavy atom. The zero-order valence-electron chi connectivity index (χ0n) is 15.3. The Balaban J connectivity index is 1.82. The van der Waals surface area contributed by atoms with Crippen molar-refractivity contribution in [1.82, 2.24) is 15.2 Å². The molecule has 3 aromatic rings. The molecule has 3 rings (SSSR count). The fraction of sp³-hybridized carbons (Fsp3) is 0.211. The number of rotatable bonds is 7. The van der Waals surface area contributed by atoms with E-state index in [0.29, 0.717) is 12.2 Å². The molecule has 140 valence electrons. The second-order valence-electron chi connectivity index (χ2n) is 5.80. The van der Waals surface area contributed by atoms with Crippen LogP contribution in [0.4, 0.5) is 11.5 Å². The average Bonchev–Trinajstić information content (AvgIpc) is 3.06. The minimum Gasteiger partial charge on any atom is -0.465 e. The molecule has 0 aliphatic heterocycles. The second-order valence-corrected chi connectivity index (χ2v) is 6.89. The Morgan fingerprint density at radius 3 is 2.59 bits per heavy atom. The molecule has 2 N–H and O–H groups in total. The van der Waals surface area contributed by atoms with Crippen molar-refractivity contribution in [3.63, 3.8) is 0 Å². The van der Waals surface area contributed by atoms with Crippen LogP contribution in [0.1, 0.15) is 21.7 Å². The molecule has 1 aromatic carbocycles. The monoisotopic (exact) mass is 384 g/mol. The molecule has 0 unspecified atom stereocenters. The van der Waals surface area contributed by atoms with Crippen molar-refractivity contribution in [2.45, 2.75) is 23.5 Å². The first-order valence-corrected chi connectivity index (χ1v) is 9.04. The molecular formula is C19H20N4O3S. The molecule has 0 radical (unpaired) electrons. The lowest BCUT2D eigenvalue weighted by Gasteiger charge is -2.09. The number of pyridine rings is 1. The van der Waals surface area contributed by atoms with E-state index in [9.17, 15) is 4.79 Å². The van der Waals surface area contributed by atoms with Gasteiger partial charge in [0.1, 0.15) is 5.03 Å². The molecule has 0 aliphatic rings. The number of hydrogen-bond donors (Lipinski definition) is 2. The molecule has 0 saturated heterocycles. The van der Waals surface area contributed by atoms with Gasteiger partial charge in [-0.25, -0.2) is 9.78 Å². The van der Waals surface area contributed by atoms with Crippen LogP contribution >= 0.6 is 11.8 Å². The highest BCUT2D eigenvalue weighted by Crippen LogP contribution is 2.30. The maximum absolute atomic E-state index is 11.5. The van der Waals surface area contributed by atoms with E-state index in [1.165, 1.54) is 18.9 Å². The van der Waals surface area contributed by atoms with Crippen molar-refractivity contribution in [2.24, 2.45) is 0 Å². The fourth-order valence-electron chi connectivity index (χ4n) is 2.43. The lowest BCUT2D eigenvalue weighted by Crippen LogP contribution is -2.00. The summed E-state index contributed by atoms with van der Waals surface area (Å²) < 4.78 is 9.95. The highest BCUT2D eigenvalue weighted by atomic mass is 32.2. The van der Waals surface area contributed by atoms with E-state index in [4.69, 9.17) is 9.47 Å². The van der Waals surface area contributed by atoms with E-state index in [2.05, 4.69) is 20.5 Å². The molecule has 0 atom stereocenters. The summed E-state index contributed by atoms with van der Waals surface area (Å²) in [6, 6.07) is 13.0. The second kappa shape index (κ2) is 8.70. The van der Waals surface area contributed by atoms with E-state index in [1.807, 2.05) is 37.3 Å². The fourth-order valence-corrected chi connectivity index (χ4v) is 3.30. The van der Waals surface area contributed by atoms with Gasteiger partial charge in [0, 0.05) is 29.5 Å². The third-order valence-corrected chi connectivity index (χ3v) is 4.55. The maximum atomic E-state index is 11.5. The van der Waals surface area contributed by atoms with Gasteiger partial charge < -0.3 is 14.8 Å². The number of benzene rings is 1. The van der Waals surface area contributed by atoms with Gasteiger partial charge in [-0.3, -0.25) is 5.10 Å². The largest absolute Gasteiger partial charge is 0.465 e. The standard InChI is InChI=1S/C19H20N4O3S/c1-12-8-17(23-22-12)20-14-9-15(11-25-2)21-18(10-14)27-16-6-4-13(5-7-16)19(24)26-3/h4-10H,11H2,1-3H3,(H2,20,21,22,23). The van der Waals surface area contributed by atoms with Crippen molar-refractivity contribution >= 4 is 29.2 Å². The number of H-pyrrole nitrogens is 1. The number of carbonyl (C=O) groups is 1. The Labute approximate surface area is 161 Å². The van der Waals surface area contributed by atoms with Crippen molar-refractivity contribution in [1.29, 1.82) is 0 Å². The maximum Gasteiger partial charge on any atom is 0.337 e. The summed E-state index contributed by atoms with van der Waals surface area (Å²) in [5.41, 5.74) is 3.17. The third-order valence-electron chi connectivity index (χ3n) is 3.62. The first kappa shape index (κ1) is 18.9. The van der Waals surface area contributed by atoms with E-state index in [1.54, 1.807) is 19.2 Å². The summed E-state index contributed by atoms with van der Waals surface area (Å²) >= 11 is 1.50. The number of nitrogens with one attached hydrogen (secondary N) is 2. The Hall–Kier alpha value is -2.84. The van der Waals surface area contributed by atoms with Crippen LogP contribution in [0.5, 0.6) is 0 Å². The van der Waals surface area contributed by atoms with Gasteiger partial charge in [-0.2, -0.15) is 5.10 Å². The molecule has 7 nitrogen and oxygen atoms in total. The average molecular weight is 384 g/mol. The molecule has 0 aliphatic carbocycles. The van der Waals surface area contributed by atoms with Crippen LogP contribution in [-0.2, 0) is 16.1 Å². The van der Waals surface area contributed by atoms with Crippen molar-refractivity contribution in [2.75, 3.05) is 19.5 Å². The number of aryl methyl sites for hydroxylation is 1. The lowest BCUT2D eigenvalue weighted by molar-refractivity contribution is 0.0600. The normalized spacial score (nSPS) is 10.6. The van der Waals surface area contributed by atoms with Crippen LogP contribution in [0.25, 0.3) is 0 Å². The number of ether oxygens (including phenoxy) is 2. The zero-order valence-corrected chi connectivity index (χ0v) is 16.1. The molecule has 2 heterocycles. The van der Waals surface area contributed by atoms with Gasteiger partial charge in [0.15, 0.2) is 5.82 Å². The van der Waals surface area contributed by atoms with Crippen LogP contribution in [0.3, 0.4) is 0 Å². The van der Waals surface area contributed by atoms with Gasteiger partial charge in [0.05, 0.1) is 25.0 Å². The lowest BCUT2D eigenvalue weighted by atomic mass is 10.2. The highest BCUT2D eigenvalue weighted by molar-refractivity contribution is 7.99. The molecule has 27 heavy (non-hydrogen) atoms. The number of hydrogen-bond acceptors (Lipinski definition) is 7. The molecule has 0 bridgehead atoms. The first-order valence-electron chi connectivity index (χ1n) is 8.22. The van der Waals surface area contributed by atoms with Crippen molar-refractivity contribution < 1.29 is 14.3 Å². The Morgan fingerprint density at radius 1 is 1.19 bits per heavy atom. The number of aromatic amines is 1. The summed E-state index contributed by atoms with van der Waals surface area (Å²) in [5.74, 6) is 0.382. The summed E-state index contributed by atoms with van der Waals surface area (Å²) in [4.78, 5) is 17.1. The van der Waals surface area contributed by atoms with Gasteiger partial charge in [0.25, 0.3) is 0 Å². The summed E-state index contributed by atoms with van der Waals surface area (Å²) in [7, 11) is 3.00. The summed E-state index contributed by atoms with van der Waals surface area (Å²) in [6.45, 7) is 2.35. The van der Waals surface area contributed by atoms with E-state index >= 15 is 0 Å². The molecule has 0 amide bonds. The van der Waals surface area contributed by atoms with Gasteiger partial charge in [-0.1, -0.05) is 11.8 Å². The molecule has 0 fully saturated rings. The minimum absolute atomic E-state index is 0.354. The first-order chi connectivity index (χ1) is 13.1. The number of esters is 1. The van der Waals surface area contributed by atoms with Gasteiger partial charge in [0.2, 0.25) is 0 Å². The Bertz CT molecular complexity index is 925. The van der Waals surface area contributed by atoms with Crippen LogP contribution in [0.2, 0.25) is 0 Å². The highest BCUT2D eigenvalue weighted by Gasteiger charge is 2.09. The van der Waals surface area contributed by atoms with E-state index in [0.717, 1.165) is 32.8 Å². The molecule has 0 saturated carbocycles. The minimum atomic E-state index is -0.354. The molecular weight excluding hydrogens is 364 g/mol. The summed E-state index contributed by atoms with van der Waals surface area (Å²) in [6.07, 6.45) is 0. The predicted octanol–water partition coefficient (Wildman–Crippen LogP) is 3.94. The molecule has 8 heteroatoms. The van der Waals surface area contributed by atoms with Crippen molar-refractivity contribution in [3.8, 4) is 0 Å². The smallest absolute Gasteiger partial charge is 0.337 e. The van der Waals surface area contributed by atoms with E-state index < -0.39 is 0 Å². The summed E-state index contributed by atoms with van der Waals surface area (Å²) in [5, 5.41) is 11.2. The van der Waals surface area contributed by atoms with E-state index in [-0.39, 0.29) is 5.97 Å². The number of methoxy groups -OCH3 is 2. The van der Waals surface area contributed by atoms with Crippen LogP contribution in [0, 0.1) is 6.92 Å². The SMILES string of the molecule is COCc1cc(Nc2cc(C)[nH]n2)cc(Sc2ccc(C(=O)OC)cc2)n1. The van der Waals surface area contributed by atoms with Gasteiger partial charge in [-0.15, -0.1) is 0 Å². The topological polar surface area (TPSA) is 89.1 Å². The Kier molecular flexibility index (Phi) is 6.10. The number of nitrogens with zero attached hydrogens (tertiary/aromatic N) is 2. The van der Waals surface area contributed by atoms with Crippen molar-refractivity contribution in [3.05, 3.63) is 59.4 Å². The quantitative estimate of drug-likeness (QED) is 0.596. The third kappa shape index (κ3) is 5.08. The van der Waals surface area contributed by atoms with Gasteiger partial charge >= 0.3 is 5.97 Å². The molecule has 0 spiro atoms. The molecule has 2 aromatic heterocycles. The number of aromatic nitrogens is 3. The van der Waals surface area contributed by atoms with Crippen LogP contribution in [-0.4, -0.2) is 35.4 Å². The predicted molar refractivity (Wildman–Crippen MR) is 103 cm³/mol. The van der Waals surface area contributed by atoms with Crippen LogP contribution < -0.4 is 5.32 Å². The number of carbonyl (C=O) groups excluding carboxylic acids is 1.